The molecule has 0 fully saturated rings. The highest BCUT2D eigenvalue weighted by molar-refractivity contribution is 4.84. The van der Waals surface area contributed by atoms with Crippen molar-refractivity contribution < 1.29 is 4.57 Å². The number of aromatic nitrogens is 2. The molecule has 1 rings (SSSR count). The minimum absolute atomic E-state index is 1.23. The van der Waals surface area contributed by atoms with Gasteiger partial charge in [0.2, 0.25) is 0 Å². The standard InChI is InChI=1S/C46H91N2/c1-4-7-10-13-16-19-21-23-24-25-27-29-31-34-37-40-43-48-45-44-47(46(48)41-38-35-32-18-15-12-9-6-3)42-39-36-33-30-28-26-22-20-17-14-11-8-5-2/h44-45H,4-43H2,1-3H3/q+1. The van der Waals surface area contributed by atoms with Gasteiger partial charge in [0.1, 0.15) is 12.4 Å². The Morgan fingerprint density at radius 3 is 1.00 bits per heavy atom. The zero-order valence-electron chi connectivity index (χ0n) is 33.8. The number of unbranched alkanes of at least 4 members (excludes halogenated alkanes) is 34. The molecule has 2 nitrogen and oxygen atoms in total. The minimum Gasteiger partial charge on any atom is -0.234 e. The minimum atomic E-state index is 1.23. The van der Waals surface area contributed by atoms with Gasteiger partial charge in [-0.15, -0.1) is 0 Å². The highest BCUT2D eigenvalue weighted by Gasteiger charge is 2.16. The summed E-state index contributed by atoms with van der Waals surface area (Å²) in [6.07, 6.45) is 59.3. The Morgan fingerprint density at radius 1 is 0.354 bits per heavy atom. The molecule has 1 heterocycles. The molecule has 1 aromatic rings. The van der Waals surface area contributed by atoms with Gasteiger partial charge < -0.3 is 0 Å². The average Bonchev–Trinajstić information content (AvgIpc) is 3.48. The Hall–Kier alpha value is -0.790. The Labute approximate surface area is 304 Å². The number of rotatable bonds is 40. The third-order valence-corrected chi connectivity index (χ3v) is 11.1. The maximum Gasteiger partial charge on any atom is 0.256 e. The molecule has 0 spiro atoms. The topological polar surface area (TPSA) is 8.81 Å². The Balaban J connectivity index is 2.22. The average molecular weight is 672 g/mol. The predicted molar refractivity (Wildman–Crippen MR) is 216 cm³/mol. The van der Waals surface area contributed by atoms with Crippen LogP contribution in [0.4, 0.5) is 0 Å². The lowest BCUT2D eigenvalue weighted by Crippen LogP contribution is -2.37. The Kier molecular flexibility index (Phi) is 35.3. The lowest BCUT2D eigenvalue weighted by atomic mass is 10.0. The SMILES string of the molecule is CCCCCCCCCCCCCCCCCCn1cc[n+](CCCCCCCCCCCCCCC)c1CCCCCCCCCC. The van der Waals surface area contributed by atoms with Gasteiger partial charge in [-0.05, 0) is 32.1 Å². The van der Waals surface area contributed by atoms with Crippen LogP contribution in [-0.2, 0) is 19.5 Å². The van der Waals surface area contributed by atoms with Crippen molar-refractivity contribution in [1.29, 1.82) is 0 Å². The van der Waals surface area contributed by atoms with E-state index in [0.717, 1.165) is 0 Å². The van der Waals surface area contributed by atoms with Crippen molar-refractivity contribution in [2.24, 2.45) is 0 Å². The van der Waals surface area contributed by atoms with E-state index in [1.807, 2.05) is 0 Å². The van der Waals surface area contributed by atoms with E-state index in [-0.39, 0.29) is 0 Å². The molecule has 0 aliphatic carbocycles. The van der Waals surface area contributed by atoms with Gasteiger partial charge in [0.05, 0.1) is 13.1 Å². The second-order valence-corrected chi connectivity index (χ2v) is 15.9. The summed E-state index contributed by atoms with van der Waals surface area (Å²) in [6.45, 7) is 9.41. The highest BCUT2D eigenvalue weighted by Crippen LogP contribution is 2.16. The number of imidazole rings is 1. The van der Waals surface area contributed by atoms with E-state index in [1.54, 1.807) is 5.82 Å². The molecule has 0 radical (unpaired) electrons. The summed E-state index contributed by atoms with van der Waals surface area (Å²) in [5.41, 5.74) is 0. The molecule has 48 heavy (non-hydrogen) atoms. The van der Waals surface area contributed by atoms with Gasteiger partial charge in [-0.1, -0.05) is 226 Å². The lowest BCUT2D eigenvalue weighted by Gasteiger charge is -2.07. The third-order valence-electron chi connectivity index (χ3n) is 11.1. The molecule has 0 saturated carbocycles. The van der Waals surface area contributed by atoms with Crippen LogP contribution >= 0.6 is 0 Å². The number of hydrogen-bond donors (Lipinski definition) is 0. The van der Waals surface area contributed by atoms with Gasteiger partial charge in [0.25, 0.3) is 5.82 Å². The van der Waals surface area contributed by atoms with E-state index in [1.165, 1.54) is 257 Å². The Morgan fingerprint density at radius 2 is 0.646 bits per heavy atom. The highest BCUT2D eigenvalue weighted by atomic mass is 15.1. The molecule has 284 valence electrons. The second-order valence-electron chi connectivity index (χ2n) is 15.9. The van der Waals surface area contributed by atoms with Crippen molar-refractivity contribution >= 4 is 0 Å². The monoisotopic (exact) mass is 672 g/mol. The van der Waals surface area contributed by atoms with Gasteiger partial charge in [0, 0.05) is 6.42 Å². The van der Waals surface area contributed by atoms with Gasteiger partial charge in [-0.3, -0.25) is 0 Å². The van der Waals surface area contributed by atoms with Crippen LogP contribution in [0.1, 0.15) is 264 Å². The molecule has 0 amide bonds. The molecule has 2 heteroatoms. The van der Waals surface area contributed by atoms with Crippen LogP contribution in [0.5, 0.6) is 0 Å². The number of aryl methyl sites for hydroxylation is 2. The molecule has 1 aromatic heterocycles. The van der Waals surface area contributed by atoms with Gasteiger partial charge in [0.15, 0.2) is 0 Å². The number of nitrogens with zero attached hydrogens (tertiary/aromatic N) is 2. The first-order chi connectivity index (χ1) is 23.8. The van der Waals surface area contributed by atoms with Crippen LogP contribution in [0.15, 0.2) is 12.4 Å². The predicted octanol–water partition coefficient (Wildman–Crippen LogP) is 15.8. The largest absolute Gasteiger partial charge is 0.256 e. The van der Waals surface area contributed by atoms with E-state index in [4.69, 9.17) is 0 Å². The van der Waals surface area contributed by atoms with Crippen LogP contribution in [0.25, 0.3) is 0 Å². The van der Waals surface area contributed by atoms with Crippen LogP contribution in [0.3, 0.4) is 0 Å². The van der Waals surface area contributed by atoms with E-state index >= 15 is 0 Å². The van der Waals surface area contributed by atoms with E-state index in [9.17, 15) is 0 Å². The molecular weight excluding hydrogens is 581 g/mol. The number of hydrogen-bond acceptors (Lipinski definition) is 0. The van der Waals surface area contributed by atoms with Crippen LogP contribution in [0.2, 0.25) is 0 Å². The van der Waals surface area contributed by atoms with Crippen LogP contribution in [-0.4, -0.2) is 4.57 Å². The van der Waals surface area contributed by atoms with E-state index < -0.39 is 0 Å². The quantitative estimate of drug-likeness (QED) is 0.0485. The van der Waals surface area contributed by atoms with Crippen molar-refractivity contribution in [2.75, 3.05) is 0 Å². The molecule has 0 N–H and O–H groups in total. The first kappa shape index (κ1) is 45.2. The summed E-state index contributed by atoms with van der Waals surface area (Å²) in [5.74, 6) is 1.63. The van der Waals surface area contributed by atoms with Crippen molar-refractivity contribution in [3.05, 3.63) is 18.2 Å². The molecule has 0 aromatic carbocycles. The van der Waals surface area contributed by atoms with Crippen LogP contribution in [0, 0.1) is 0 Å². The fourth-order valence-electron chi connectivity index (χ4n) is 7.74. The van der Waals surface area contributed by atoms with Gasteiger partial charge >= 0.3 is 0 Å². The molecule has 0 saturated heterocycles. The molecule has 0 bridgehead atoms. The first-order valence-corrected chi connectivity index (χ1v) is 22.9. The molecule has 0 unspecified atom stereocenters. The first-order valence-electron chi connectivity index (χ1n) is 22.9. The molecule has 0 atom stereocenters. The lowest BCUT2D eigenvalue weighted by molar-refractivity contribution is -0.704. The van der Waals surface area contributed by atoms with Gasteiger partial charge in [-0.25, -0.2) is 9.13 Å². The maximum absolute atomic E-state index is 2.65. The zero-order valence-corrected chi connectivity index (χ0v) is 33.8. The maximum atomic E-state index is 2.65. The van der Waals surface area contributed by atoms with Crippen molar-refractivity contribution in [2.45, 2.75) is 278 Å². The normalized spacial score (nSPS) is 11.6. The smallest absolute Gasteiger partial charge is 0.234 e. The summed E-state index contributed by atoms with van der Waals surface area (Å²) in [4.78, 5) is 0. The molecule has 0 aliphatic rings. The summed E-state index contributed by atoms with van der Waals surface area (Å²) in [7, 11) is 0. The fourth-order valence-corrected chi connectivity index (χ4v) is 7.74. The van der Waals surface area contributed by atoms with Gasteiger partial charge in [-0.2, -0.15) is 0 Å². The zero-order chi connectivity index (χ0) is 34.4. The Bertz CT molecular complexity index is 736. The van der Waals surface area contributed by atoms with E-state index in [2.05, 4.69) is 42.3 Å². The molecule has 0 aliphatic heterocycles. The third kappa shape index (κ3) is 29.0. The fraction of sp³-hybridized carbons (Fsp3) is 0.935. The second kappa shape index (κ2) is 37.5. The van der Waals surface area contributed by atoms with Crippen molar-refractivity contribution in [1.82, 2.24) is 4.57 Å². The van der Waals surface area contributed by atoms with Crippen molar-refractivity contribution in [3.63, 3.8) is 0 Å². The molecular formula is C46H91N2+. The summed E-state index contributed by atoms with van der Waals surface area (Å²) in [5, 5.41) is 0. The summed E-state index contributed by atoms with van der Waals surface area (Å²) >= 11 is 0. The van der Waals surface area contributed by atoms with E-state index in [0.29, 0.717) is 0 Å². The van der Waals surface area contributed by atoms with Crippen molar-refractivity contribution in [3.8, 4) is 0 Å². The summed E-state index contributed by atoms with van der Waals surface area (Å²) < 4.78 is 5.29. The summed E-state index contributed by atoms with van der Waals surface area (Å²) in [6, 6.07) is 0. The van der Waals surface area contributed by atoms with Crippen LogP contribution < -0.4 is 4.57 Å².